The van der Waals surface area contributed by atoms with E-state index in [0.717, 1.165) is 48.1 Å². The molecule has 1 aliphatic heterocycles. The van der Waals surface area contributed by atoms with Gasteiger partial charge in [-0.3, -0.25) is 0 Å². The van der Waals surface area contributed by atoms with Gasteiger partial charge in [-0.25, -0.2) is 4.99 Å². The van der Waals surface area contributed by atoms with Gasteiger partial charge in [0.1, 0.15) is 12.4 Å². The Morgan fingerprint density at radius 3 is 2.88 bits per heavy atom. The lowest BCUT2D eigenvalue weighted by Gasteiger charge is -2.22. The van der Waals surface area contributed by atoms with Crippen LogP contribution in [0.25, 0.3) is 0 Å². The van der Waals surface area contributed by atoms with Crippen molar-refractivity contribution in [3.63, 3.8) is 0 Å². The molecule has 0 atom stereocenters. The van der Waals surface area contributed by atoms with Gasteiger partial charge < -0.3 is 19.4 Å². The van der Waals surface area contributed by atoms with Crippen LogP contribution in [-0.4, -0.2) is 43.8 Å². The SMILES string of the molecule is CCNC(=NCc1nnc2n1CCCC2)N(C)Cc1cc(Br)cn1C.I. The van der Waals surface area contributed by atoms with Crippen LogP contribution in [0.5, 0.6) is 0 Å². The summed E-state index contributed by atoms with van der Waals surface area (Å²) in [7, 11) is 4.11. The molecule has 0 spiro atoms. The van der Waals surface area contributed by atoms with Crippen LogP contribution in [0, 0.1) is 0 Å². The van der Waals surface area contributed by atoms with E-state index in [1.165, 1.54) is 18.5 Å². The quantitative estimate of drug-likeness (QED) is 0.363. The molecule has 0 radical (unpaired) electrons. The van der Waals surface area contributed by atoms with Gasteiger partial charge in [-0.05, 0) is 41.8 Å². The highest BCUT2D eigenvalue weighted by molar-refractivity contribution is 14.0. The van der Waals surface area contributed by atoms with E-state index in [0.29, 0.717) is 6.54 Å². The lowest BCUT2D eigenvalue weighted by molar-refractivity contribution is 0.460. The predicted octanol–water partition coefficient (Wildman–Crippen LogP) is 2.93. The summed E-state index contributed by atoms with van der Waals surface area (Å²) in [6.07, 6.45) is 5.50. The Kier molecular flexibility index (Phi) is 7.93. The van der Waals surface area contributed by atoms with Gasteiger partial charge in [-0.1, -0.05) is 0 Å². The molecule has 0 fully saturated rings. The molecule has 0 bridgehead atoms. The fraction of sp³-hybridized carbons (Fsp3) is 0.588. The summed E-state index contributed by atoms with van der Waals surface area (Å²) in [6.45, 7) is 5.26. The van der Waals surface area contributed by atoms with Gasteiger partial charge >= 0.3 is 0 Å². The maximum absolute atomic E-state index is 4.78. The second kappa shape index (κ2) is 9.72. The monoisotopic (exact) mass is 535 g/mol. The van der Waals surface area contributed by atoms with E-state index in [1.807, 2.05) is 0 Å². The number of hydrogen-bond acceptors (Lipinski definition) is 3. The molecule has 2 aromatic rings. The fourth-order valence-corrected chi connectivity index (χ4v) is 3.71. The van der Waals surface area contributed by atoms with Crippen molar-refractivity contribution in [1.82, 2.24) is 29.5 Å². The Morgan fingerprint density at radius 2 is 2.19 bits per heavy atom. The second-order valence-electron chi connectivity index (χ2n) is 6.43. The molecule has 3 heterocycles. The number of aryl methyl sites for hydroxylation is 2. The maximum Gasteiger partial charge on any atom is 0.194 e. The van der Waals surface area contributed by atoms with Crippen molar-refractivity contribution in [3.8, 4) is 0 Å². The van der Waals surface area contributed by atoms with Crippen molar-refractivity contribution in [3.05, 3.63) is 34.1 Å². The molecule has 1 aliphatic rings. The fourth-order valence-electron chi connectivity index (χ4n) is 3.14. The van der Waals surface area contributed by atoms with E-state index in [1.54, 1.807) is 0 Å². The number of fused-ring (bicyclic) bond motifs is 1. The van der Waals surface area contributed by atoms with E-state index in [2.05, 4.69) is 78.8 Å². The smallest absolute Gasteiger partial charge is 0.194 e. The van der Waals surface area contributed by atoms with Crippen molar-refractivity contribution in [1.29, 1.82) is 0 Å². The summed E-state index contributed by atoms with van der Waals surface area (Å²) in [6, 6.07) is 2.13. The van der Waals surface area contributed by atoms with Gasteiger partial charge in [0.2, 0.25) is 0 Å². The molecular formula is C17H27BrIN7. The molecule has 0 aliphatic carbocycles. The van der Waals surface area contributed by atoms with Gasteiger partial charge in [0, 0.05) is 50.0 Å². The summed E-state index contributed by atoms with van der Waals surface area (Å²) in [5.41, 5.74) is 1.22. The van der Waals surface area contributed by atoms with Crippen molar-refractivity contribution < 1.29 is 0 Å². The molecule has 1 N–H and O–H groups in total. The van der Waals surface area contributed by atoms with E-state index in [-0.39, 0.29) is 24.0 Å². The molecule has 0 unspecified atom stereocenters. The third-order valence-electron chi connectivity index (χ3n) is 4.48. The van der Waals surface area contributed by atoms with Crippen LogP contribution < -0.4 is 5.32 Å². The zero-order valence-electron chi connectivity index (χ0n) is 15.6. The first kappa shape index (κ1) is 21.2. The molecule has 0 aromatic carbocycles. The number of halogens is 2. The number of aromatic nitrogens is 4. The second-order valence-corrected chi connectivity index (χ2v) is 7.34. The summed E-state index contributed by atoms with van der Waals surface area (Å²) in [4.78, 5) is 6.92. The molecule has 0 saturated carbocycles. The van der Waals surface area contributed by atoms with Crippen molar-refractivity contribution in [2.75, 3.05) is 13.6 Å². The van der Waals surface area contributed by atoms with E-state index in [4.69, 9.17) is 4.99 Å². The van der Waals surface area contributed by atoms with Gasteiger partial charge in [0.15, 0.2) is 11.8 Å². The predicted molar refractivity (Wildman–Crippen MR) is 118 cm³/mol. The molecule has 26 heavy (non-hydrogen) atoms. The third-order valence-corrected chi connectivity index (χ3v) is 4.91. The summed E-state index contributed by atoms with van der Waals surface area (Å²) in [5.74, 6) is 2.94. The largest absolute Gasteiger partial charge is 0.357 e. The Labute approximate surface area is 180 Å². The number of nitrogens with zero attached hydrogens (tertiary/aromatic N) is 6. The average Bonchev–Trinajstić information content (AvgIpc) is 3.14. The molecule has 0 amide bonds. The van der Waals surface area contributed by atoms with Crippen LogP contribution in [0.2, 0.25) is 0 Å². The lowest BCUT2D eigenvalue weighted by Crippen LogP contribution is -2.38. The van der Waals surface area contributed by atoms with Crippen LogP contribution in [0.4, 0.5) is 0 Å². The first-order valence-corrected chi connectivity index (χ1v) is 9.59. The minimum absolute atomic E-state index is 0. The van der Waals surface area contributed by atoms with Crippen molar-refractivity contribution >= 4 is 45.9 Å². The Hall–Kier alpha value is -1.10. The van der Waals surface area contributed by atoms with Gasteiger partial charge in [0.25, 0.3) is 0 Å². The summed E-state index contributed by atoms with van der Waals surface area (Å²) in [5, 5.41) is 12.0. The van der Waals surface area contributed by atoms with Crippen LogP contribution in [0.1, 0.15) is 37.1 Å². The standard InChI is InChI=1S/C17H26BrN7.HI/c1-4-19-17(24(3)12-14-9-13(18)11-23(14)2)20-10-16-22-21-15-7-5-6-8-25(15)16;/h9,11H,4-8,10,12H2,1-3H3,(H,19,20);1H. The Bertz CT molecular complexity index is 752. The van der Waals surface area contributed by atoms with Crippen molar-refractivity contribution in [2.45, 2.75) is 45.8 Å². The summed E-state index contributed by atoms with van der Waals surface area (Å²) < 4.78 is 5.44. The number of hydrogen-bond donors (Lipinski definition) is 1. The zero-order chi connectivity index (χ0) is 17.8. The normalized spacial score (nSPS) is 13.9. The number of rotatable bonds is 5. The molecule has 9 heteroatoms. The van der Waals surface area contributed by atoms with Crippen LogP contribution >= 0.6 is 39.9 Å². The number of guanidine groups is 1. The first-order valence-electron chi connectivity index (χ1n) is 8.79. The minimum Gasteiger partial charge on any atom is -0.357 e. The van der Waals surface area contributed by atoms with Gasteiger partial charge in [-0.2, -0.15) is 0 Å². The molecule has 7 nitrogen and oxygen atoms in total. The zero-order valence-corrected chi connectivity index (χ0v) is 19.5. The third kappa shape index (κ3) is 4.99. The molecule has 0 saturated heterocycles. The molecule has 2 aromatic heterocycles. The topological polar surface area (TPSA) is 63.3 Å². The highest BCUT2D eigenvalue weighted by Gasteiger charge is 2.16. The summed E-state index contributed by atoms with van der Waals surface area (Å²) >= 11 is 3.53. The van der Waals surface area contributed by atoms with Crippen LogP contribution in [0.15, 0.2) is 21.7 Å². The highest BCUT2D eigenvalue weighted by atomic mass is 127. The Balaban J connectivity index is 0.00000243. The maximum atomic E-state index is 4.78. The molecule has 3 rings (SSSR count). The Morgan fingerprint density at radius 1 is 1.38 bits per heavy atom. The van der Waals surface area contributed by atoms with Gasteiger partial charge in [0.05, 0.1) is 6.54 Å². The number of aliphatic imine (C=N–C) groups is 1. The first-order chi connectivity index (χ1) is 12.1. The lowest BCUT2D eigenvalue weighted by atomic mass is 10.2. The van der Waals surface area contributed by atoms with E-state index in [9.17, 15) is 0 Å². The number of nitrogens with one attached hydrogen (secondary N) is 1. The van der Waals surface area contributed by atoms with Crippen LogP contribution in [-0.2, 0) is 33.1 Å². The highest BCUT2D eigenvalue weighted by Crippen LogP contribution is 2.16. The van der Waals surface area contributed by atoms with Crippen molar-refractivity contribution in [2.24, 2.45) is 12.0 Å². The molecular weight excluding hydrogens is 509 g/mol. The van der Waals surface area contributed by atoms with E-state index < -0.39 is 0 Å². The van der Waals surface area contributed by atoms with Crippen LogP contribution in [0.3, 0.4) is 0 Å². The minimum atomic E-state index is 0. The molecule has 144 valence electrons. The van der Waals surface area contributed by atoms with Gasteiger partial charge in [-0.15, -0.1) is 34.2 Å². The van der Waals surface area contributed by atoms with E-state index >= 15 is 0 Å². The average molecular weight is 536 g/mol.